The maximum Gasteiger partial charge on any atom is 0.253 e. The first kappa shape index (κ1) is 25.8. The molecule has 0 spiro atoms. The van der Waals surface area contributed by atoms with Gasteiger partial charge in [-0.25, -0.2) is 8.78 Å². The number of amides is 2. The highest BCUT2D eigenvalue weighted by Gasteiger charge is 2.67. The van der Waals surface area contributed by atoms with E-state index in [1.54, 1.807) is 24.3 Å². The molecule has 34 heavy (non-hydrogen) atoms. The van der Waals surface area contributed by atoms with E-state index in [1.165, 1.54) is 12.1 Å². The predicted molar refractivity (Wildman–Crippen MR) is 132 cm³/mol. The summed E-state index contributed by atoms with van der Waals surface area (Å²) in [6.07, 6.45) is -0.195. The van der Waals surface area contributed by atoms with Gasteiger partial charge in [0, 0.05) is 30.5 Å². The fraction of sp³-hybridized carbons (Fsp3) is 0.391. The molecule has 0 radical (unpaired) electrons. The number of benzene rings is 2. The zero-order valence-corrected chi connectivity index (χ0v) is 21.3. The summed E-state index contributed by atoms with van der Waals surface area (Å²) < 4.78 is 25.4. The second-order valence-corrected chi connectivity index (χ2v) is 11.3. The molecule has 0 saturated heterocycles. The molecular formula is C23H19Cl5F2N2O2. The van der Waals surface area contributed by atoms with Crippen molar-refractivity contribution in [2.75, 3.05) is 5.32 Å². The molecule has 0 aromatic heterocycles. The molecule has 2 aromatic rings. The highest BCUT2D eigenvalue weighted by atomic mass is 35.5. The number of anilines is 1. The zero-order chi connectivity index (χ0) is 24.8. The standard InChI is InChI=1S/C23H19Cl5F2N2O2/c24-15-4-2-13(10-14(15)20(33)31-12-5-7-22(29,30)8-6-12)32-21(34)19-18(23(19,27)28)11-1-3-16(25)17(26)9-11/h1-4,9-10,12,18-19H,5-8H2,(H,31,33)(H,32,34)/t18-,19+/m1/s1. The summed E-state index contributed by atoms with van der Waals surface area (Å²) in [5, 5.41) is 6.33. The Kier molecular flexibility index (Phi) is 7.30. The normalized spacial score (nSPS) is 23.3. The van der Waals surface area contributed by atoms with Gasteiger partial charge in [-0.2, -0.15) is 0 Å². The third kappa shape index (κ3) is 5.41. The van der Waals surface area contributed by atoms with E-state index >= 15 is 0 Å². The number of hydrogen-bond acceptors (Lipinski definition) is 2. The van der Waals surface area contributed by atoms with Crippen molar-refractivity contribution >= 4 is 75.5 Å². The third-order valence-corrected chi connectivity index (χ3v) is 8.18. The van der Waals surface area contributed by atoms with Gasteiger partial charge in [-0.05, 0) is 48.7 Å². The molecule has 4 nitrogen and oxygen atoms in total. The molecular weight excluding hydrogens is 552 g/mol. The van der Waals surface area contributed by atoms with Crippen LogP contribution in [0.3, 0.4) is 0 Å². The van der Waals surface area contributed by atoms with Gasteiger partial charge < -0.3 is 10.6 Å². The minimum Gasteiger partial charge on any atom is -0.349 e. The maximum absolute atomic E-state index is 13.4. The molecule has 2 aliphatic carbocycles. The molecule has 2 aromatic carbocycles. The summed E-state index contributed by atoms with van der Waals surface area (Å²) in [5.41, 5.74) is 1.11. The lowest BCUT2D eigenvalue weighted by Gasteiger charge is -2.28. The minimum atomic E-state index is -2.69. The third-order valence-electron chi connectivity index (χ3n) is 6.17. The Labute approximate surface area is 220 Å². The summed E-state index contributed by atoms with van der Waals surface area (Å²) in [7, 11) is 0. The quantitative estimate of drug-likeness (QED) is 0.366. The van der Waals surface area contributed by atoms with Crippen molar-refractivity contribution in [3.63, 3.8) is 0 Å². The molecule has 0 unspecified atom stereocenters. The highest BCUT2D eigenvalue weighted by Crippen LogP contribution is 2.65. The molecule has 2 amide bonds. The topological polar surface area (TPSA) is 58.2 Å². The van der Waals surface area contributed by atoms with E-state index in [0.717, 1.165) is 0 Å². The van der Waals surface area contributed by atoms with Gasteiger partial charge >= 0.3 is 0 Å². The van der Waals surface area contributed by atoms with Gasteiger partial charge in [-0.3, -0.25) is 9.59 Å². The minimum absolute atomic E-state index is 0.122. The summed E-state index contributed by atoms with van der Waals surface area (Å²) in [4.78, 5) is 25.6. The van der Waals surface area contributed by atoms with Gasteiger partial charge in [0.25, 0.3) is 5.91 Å². The number of halogens is 7. The SMILES string of the molecule is O=C(NC1CCC(F)(F)CC1)c1cc(NC(=O)[C@@H]2[C@@H](c3ccc(Cl)c(Cl)c3)C2(Cl)Cl)ccc1Cl. The summed E-state index contributed by atoms with van der Waals surface area (Å²) in [6.45, 7) is 0. The van der Waals surface area contributed by atoms with Crippen molar-refractivity contribution in [3.05, 3.63) is 62.6 Å². The van der Waals surface area contributed by atoms with Crippen LogP contribution < -0.4 is 10.6 Å². The monoisotopic (exact) mass is 568 g/mol. The Balaban J connectivity index is 1.44. The van der Waals surface area contributed by atoms with E-state index in [1.807, 2.05) is 0 Å². The van der Waals surface area contributed by atoms with Crippen LogP contribution in [0.25, 0.3) is 0 Å². The molecule has 11 heteroatoms. The van der Waals surface area contributed by atoms with Crippen molar-refractivity contribution in [1.82, 2.24) is 5.32 Å². The van der Waals surface area contributed by atoms with Gasteiger partial charge in [-0.15, -0.1) is 23.2 Å². The van der Waals surface area contributed by atoms with Crippen LogP contribution in [0, 0.1) is 5.92 Å². The first-order valence-electron chi connectivity index (χ1n) is 10.5. The molecule has 182 valence electrons. The highest BCUT2D eigenvalue weighted by molar-refractivity contribution is 6.53. The van der Waals surface area contributed by atoms with Crippen LogP contribution in [-0.4, -0.2) is 28.1 Å². The Hall–Kier alpha value is -1.31. The van der Waals surface area contributed by atoms with Gasteiger partial charge in [-0.1, -0.05) is 40.9 Å². The van der Waals surface area contributed by atoms with Crippen LogP contribution in [0.5, 0.6) is 0 Å². The molecule has 4 rings (SSSR count). The van der Waals surface area contributed by atoms with Crippen LogP contribution in [0.4, 0.5) is 14.5 Å². The number of hydrogen-bond donors (Lipinski definition) is 2. The number of rotatable bonds is 5. The first-order valence-corrected chi connectivity index (χ1v) is 12.4. The maximum atomic E-state index is 13.4. The molecule has 2 fully saturated rings. The molecule has 2 atom stereocenters. The fourth-order valence-corrected chi connectivity index (χ4v) is 5.56. The van der Waals surface area contributed by atoms with E-state index < -0.39 is 33.9 Å². The molecule has 0 heterocycles. The molecule has 0 aliphatic heterocycles. The average Bonchev–Trinajstić information content (AvgIpc) is 3.35. The Bertz CT molecular complexity index is 1130. The number of carbonyl (C=O) groups excluding carboxylic acids is 2. The van der Waals surface area contributed by atoms with Gasteiger partial charge in [0.15, 0.2) is 0 Å². The van der Waals surface area contributed by atoms with Crippen LogP contribution in [0.2, 0.25) is 15.1 Å². The molecule has 2 aliphatic rings. The smallest absolute Gasteiger partial charge is 0.253 e. The van der Waals surface area contributed by atoms with E-state index in [-0.39, 0.29) is 42.3 Å². The molecule has 2 saturated carbocycles. The first-order chi connectivity index (χ1) is 15.9. The van der Waals surface area contributed by atoms with E-state index in [9.17, 15) is 18.4 Å². The Morgan fingerprint density at radius 3 is 2.21 bits per heavy atom. The van der Waals surface area contributed by atoms with Gasteiger partial charge in [0.05, 0.1) is 26.5 Å². The van der Waals surface area contributed by atoms with Crippen LogP contribution in [0.1, 0.15) is 47.5 Å². The van der Waals surface area contributed by atoms with Crippen molar-refractivity contribution in [3.8, 4) is 0 Å². The lowest BCUT2D eigenvalue weighted by Crippen LogP contribution is -2.40. The second kappa shape index (κ2) is 9.62. The Morgan fingerprint density at radius 2 is 1.56 bits per heavy atom. The van der Waals surface area contributed by atoms with Gasteiger partial charge in [0.1, 0.15) is 4.33 Å². The van der Waals surface area contributed by atoms with Crippen LogP contribution in [0.15, 0.2) is 36.4 Å². The van der Waals surface area contributed by atoms with Crippen molar-refractivity contribution < 1.29 is 18.4 Å². The van der Waals surface area contributed by atoms with Crippen molar-refractivity contribution in [2.24, 2.45) is 5.92 Å². The lowest BCUT2D eigenvalue weighted by atomic mass is 9.92. The summed E-state index contributed by atoms with van der Waals surface area (Å²) in [6, 6.07) is 9.00. The molecule has 2 N–H and O–H groups in total. The van der Waals surface area contributed by atoms with E-state index in [4.69, 9.17) is 58.0 Å². The molecule has 0 bridgehead atoms. The van der Waals surface area contributed by atoms with E-state index in [0.29, 0.717) is 21.3 Å². The number of carbonyl (C=O) groups is 2. The van der Waals surface area contributed by atoms with Crippen LogP contribution in [-0.2, 0) is 4.79 Å². The Morgan fingerprint density at radius 1 is 0.912 bits per heavy atom. The average molecular weight is 571 g/mol. The largest absolute Gasteiger partial charge is 0.349 e. The lowest BCUT2D eigenvalue weighted by molar-refractivity contribution is -0.117. The van der Waals surface area contributed by atoms with Crippen molar-refractivity contribution in [1.29, 1.82) is 0 Å². The second-order valence-electron chi connectivity index (χ2n) is 8.59. The van der Waals surface area contributed by atoms with E-state index in [2.05, 4.69) is 10.6 Å². The summed E-state index contributed by atoms with van der Waals surface area (Å²) in [5.74, 6) is -4.89. The van der Waals surface area contributed by atoms with Crippen LogP contribution >= 0.6 is 58.0 Å². The fourth-order valence-electron chi connectivity index (χ4n) is 4.22. The summed E-state index contributed by atoms with van der Waals surface area (Å²) >= 11 is 31.0. The van der Waals surface area contributed by atoms with Crippen molar-refractivity contribution in [2.45, 2.75) is 47.9 Å². The zero-order valence-electron chi connectivity index (χ0n) is 17.5. The predicted octanol–water partition coefficient (Wildman–Crippen LogP) is 7.48. The number of nitrogens with one attached hydrogen (secondary N) is 2. The van der Waals surface area contributed by atoms with Gasteiger partial charge in [0.2, 0.25) is 11.8 Å². The number of alkyl halides is 4.